The van der Waals surface area contributed by atoms with Gasteiger partial charge in [0.1, 0.15) is 5.75 Å². The Bertz CT molecular complexity index is 990. The number of carbonyl (C=O) groups excluding carboxylic acids is 2. The zero-order chi connectivity index (χ0) is 19.6. The van der Waals surface area contributed by atoms with E-state index in [4.69, 9.17) is 0 Å². The number of hydrogen-bond acceptors (Lipinski definition) is 4. The van der Waals surface area contributed by atoms with E-state index >= 15 is 0 Å². The third kappa shape index (κ3) is 4.28. The largest absolute Gasteiger partial charge is 0.573 e. The zero-order valence-corrected chi connectivity index (χ0v) is 14.1. The molecule has 8 heteroatoms. The smallest absolute Gasteiger partial charge is 0.463 e. The van der Waals surface area contributed by atoms with Crippen LogP contribution in [0, 0.1) is 0 Å². The summed E-state index contributed by atoms with van der Waals surface area (Å²) < 4.78 is 44.9. The van der Waals surface area contributed by atoms with Crippen LogP contribution < -0.4 is 4.74 Å². The number of esters is 1. The molecule has 0 saturated heterocycles. The van der Waals surface area contributed by atoms with E-state index in [9.17, 15) is 22.8 Å². The van der Waals surface area contributed by atoms with Gasteiger partial charge in [0.2, 0.25) is 0 Å². The van der Waals surface area contributed by atoms with Crippen LogP contribution in [0.1, 0.15) is 21.5 Å². The minimum Gasteiger partial charge on any atom is -0.463 e. The van der Waals surface area contributed by atoms with Gasteiger partial charge >= 0.3 is 12.3 Å². The molecule has 27 heavy (non-hydrogen) atoms. The van der Waals surface area contributed by atoms with E-state index in [1.807, 2.05) is 6.07 Å². The van der Waals surface area contributed by atoms with Crippen LogP contribution >= 0.6 is 0 Å². The molecule has 3 rings (SSSR count). The minimum atomic E-state index is -4.72. The summed E-state index contributed by atoms with van der Waals surface area (Å²) >= 11 is 0. The Morgan fingerprint density at radius 1 is 1.04 bits per heavy atom. The summed E-state index contributed by atoms with van der Waals surface area (Å²) in [5, 5.41) is 0.586. The average molecular weight is 377 g/mol. The number of fused-ring (bicyclic) bond motifs is 1. The molecule has 2 aromatic carbocycles. The molecule has 0 bridgehead atoms. The van der Waals surface area contributed by atoms with Crippen LogP contribution in [0.5, 0.6) is 5.75 Å². The van der Waals surface area contributed by atoms with Crippen LogP contribution in [0.25, 0.3) is 10.9 Å². The first-order valence-corrected chi connectivity index (χ1v) is 7.84. The number of aromatic amines is 1. The molecule has 0 amide bonds. The third-order valence-corrected chi connectivity index (χ3v) is 3.93. The molecule has 0 radical (unpaired) electrons. The van der Waals surface area contributed by atoms with Gasteiger partial charge in [-0.3, -0.25) is 4.79 Å². The Morgan fingerprint density at radius 2 is 1.70 bits per heavy atom. The number of alkyl halides is 3. The summed E-state index contributed by atoms with van der Waals surface area (Å²) in [5.41, 5.74) is 2.56. The van der Waals surface area contributed by atoms with Crippen LogP contribution in [-0.4, -0.2) is 30.2 Å². The summed E-state index contributed by atoms with van der Waals surface area (Å²) in [7, 11) is 1.14. The van der Waals surface area contributed by atoms with Crippen molar-refractivity contribution >= 4 is 22.7 Å². The summed E-state index contributed by atoms with van der Waals surface area (Å²) in [6.45, 7) is 0. The molecule has 0 unspecified atom stereocenters. The molecule has 3 aromatic rings. The Labute approximate surface area is 151 Å². The number of halogens is 3. The van der Waals surface area contributed by atoms with Crippen molar-refractivity contribution in [3.8, 4) is 5.75 Å². The van der Waals surface area contributed by atoms with E-state index in [-0.39, 0.29) is 11.3 Å². The lowest BCUT2D eigenvalue weighted by molar-refractivity contribution is -0.274. The lowest BCUT2D eigenvalue weighted by atomic mass is 10.0. The van der Waals surface area contributed by atoms with E-state index in [1.165, 1.54) is 18.3 Å². The number of ketones is 1. The van der Waals surface area contributed by atoms with Crippen LogP contribution in [0.2, 0.25) is 0 Å². The fourth-order valence-corrected chi connectivity index (χ4v) is 2.72. The van der Waals surface area contributed by atoms with Crippen molar-refractivity contribution in [2.24, 2.45) is 0 Å². The molecule has 0 aliphatic heterocycles. The Hall–Kier alpha value is -3.29. The second-order valence-electron chi connectivity index (χ2n) is 5.77. The number of hydrogen-bond donors (Lipinski definition) is 1. The second kappa shape index (κ2) is 7.14. The molecule has 0 aliphatic carbocycles. The van der Waals surface area contributed by atoms with E-state index in [0.29, 0.717) is 17.3 Å². The summed E-state index contributed by atoms with van der Waals surface area (Å²) in [6, 6.07) is 10.9. The number of methoxy groups -OCH3 is 1. The monoisotopic (exact) mass is 377 g/mol. The number of H-pyrrole nitrogens is 1. The molecule has 140 valence electrons. The molecular formula is C19H14F3NO4. The Balaban J connectivity index is 1.78. The van der Waals surface area contributed by atoms with Crippen molar-refractivity contribution in [2.45, 2.75) is 12.8 Å². The topological polar surface area (TPSA) is 68.4 Å². The van der Waals surface area contributed by atoms with Crippen LogP contribution in [-0.2, 0) is 16.0 Å². The Kier molecular flexibility index (Phi) is 4.89. The minimum absolute atomic E-state index is 0.219. The predicted octanol–water partition coefficient (Wildman–Crippen LogP) is 4.01. The fraction of sp³-hybridized carbons (Fsp3) is 0.158. The average Bonchev–Trinajstić information content (AvgIpc) is 3.04. The first kappa shape index (κ1) is 18.5. The van der Waals surface area contributed by atoms with Crippen molar-refractivity contribution in [1.29, 1.82) is 0 Å². The maximum Gasteiger partial charge on any atom is 0.573 e. The molecule has 5 nitrogen and oxygen atoms in total. The van der Waals surface area contributed by atoms with Crippen LogP contribution in [0.4, 0.5) is 13.2 Å². The first-order valence-electron chi connectivity index (χ1n) is 7.84. The van der Waals surface area contributed by atoms with Gasteiger partial charge in [0.05, 0.1) is 12.7 Å². The van der Waals surface area contributed by atoms with Crippen LogP contribution in [0.3, 0.4) is 0 Å². The van der Waals surface area contributed by atoms with Gasteiger partial charge in [-0.2, -0.15) is 0 Å². The number of rotatable bonds is 5. The molecule has 1 N–H and O–H groups in total. The highest BCUT2D eigenvalue weighted by molar-refractivity contribution is 6.42. The molecule has 0 aliphatic rings. The van der Waals surface area contributed by atoms with Gasteiger partial charge in [0.25, 0.3) is 5.78 Å². The highest BCUT2D eigenvalue weighted by atomic mass is 19.4. The first-order chi connectivity index (χ1) is 12.8. The Morgan fingerprint density at radius 3 is 2.33 bits per heavy atom. The van der Waals surface area contributed by atoms with Crippen LogP contribution in [0.15, 0.2) is 48.7 Å². The van der Waals surface area contributed by atoms with Crippen molar-refractivity contribution in [1.82, 2.24) is 4.98 Å². The molecule has 1 aromatic heterocycles. The quantitative estimate of drug-likeness (QED) is 0.414. The van der Waals surface area contributed by atoms with Gasteiger partial charge in [-0.25, -0.2) is 4.79 Å². The highest BCUT2D eigenvalue weighted by Gasteiger charge is 2.30. The van der Waals surface area contributed by atoms with Gasteiger partial charge in [0, 0.05) is 17.1 Å². The summed E-state index contributed by atoms with van der Waals surface area (Å²) in [6.07, 6.45) is -2.81. The van der Waals surface area contributed by atoms with Gasteiger partial charge in [-0.05, 0) is 35.7 Å². The van der Waals surface area contributed by atoms with Gasteiger partial charge in [-0.1, -0.05) is 24.3 Å². The number of carbonyl (C=O) groups is 2. The number of aromatic nitrogens is 1. The molecule has 1 heterocycles. The van der Waals surface area contributed by atoms with Gasteiger partial charge in [0.15, 0.2) is 0 Å². The normalized spacial score (nSPS) is 11.4. The maximum atomic E-state index is 12.2. The molecule has 0 atom stereocenters. The molecule has 0 spiro atoms. The van der Waals surface area contributed by atoms with E-state index in [0.717, 1.165) is 18.2 Å². The lowest BCUT2D eigenvalue weighted by Gasteiger charge is -2.09. The SMILES string of the molecule is COC(=O)C(=O)c1c[nH]c2cc(Cc3ccc(OC(F)(F)F)cc3)ccc12. The third-order valence-electron chi connectivity index (χ3n) is 3.93. The summed E-state index contributed by atoms with van der Waals surface area (Å²) in [5.74, 6) is -1.96. The molecule has 0 saturated carbocycles. The van der Waals surface area contributed by atoms with Crippen molar-refractivity contribution in [2.75, 3.05) is 7.11 Å². The van der Waals surface area contributed by atoms with Gasteiger partial charge < -0.3 is 14.5 Å². The number of nitrogens with one attached hydrogen (secondary N) is 1. The van der Waals surface area contributed by atoms with E-state index in [2.05, 4.69) is 14.5 Å². The van der Waals surface area contributed by atoms with Crippen molar-refractivity contribution in [3.05, 3.63) is 65.4 Å². The number of benzene rings is 2. The second-order valence-corrected chi connectivity index (χ2v) is 5.77. The highest BCUT2D eigenvalue weighted by Crippen LogP contribution is 2.25. The summed E-state index contributed by atoms with van der Waals surface area (Å²) in [4.78, 5) is 26.3. The number of Topliss-reactive ketones (excluding diaryl/α,β-unsaturated/α-hetero) is 1. The standard InChI is InChI=1S/C19H14F3NO4/c1-26-18(25)17(24)15-10-23-16-9-12(4-7-14(15)16)8-11-2-5-13(6-3-11)27-19(20,21)22/h2-7,9-10,23H,8H2,1H3. The van der Waals surface area contributed by atoms with Crippen molar-refractivity contribution in [3.63, 3.8) is 0 Å². The van der Waals surface area contributed by atoms with Crippen molar-refractivity contribution < 1.29 is 32.2 Å². The fourth-order valence-electron chi connectivity index (χ4n) is 2.72. The lowest BCUT2D eigenvalue weighted by Crippen LogP contribution is -2.17. The number of ether oxygens (including phenoxy) is 2. The zero-order valence-electron chi connectivity index (χ0n) is 14.1. The molecule has 0 fully saturated rings. The van der Waals surface area contributed by atoms with E-state index in [1.54, 1.807) is 24.3 Å². The van der Waals surface area contributed by atoms with E-state index < -0.39 is 18.1 Å². The molecular weight excluding hydrogens is 363 g/mol. The van der Waals surface area contributed by atoms with Gasteiger partial charge in [-0.15, -0.1) is 13.2 Å². The predicted molar refractivity (Wildman–Crippen MR) is 90.6 cm³/mol. The maximum absolute atomic E-state index is 12.2.